The summed E-state index contributed by atoms with van der Waals surface area (Å²) in [5, 5.41) is 9.22. The van der Waals surface area contributed by atoms with Crippen LogP contribution in [0.4, 0.5) is 0 Å². The Morgan fingerprint density at radius 2 is 2.00 bits per heavy atom. The number of nitrogens with zero attached hydrogens (tertiary/aromatic N) is 2. The van der Waals surface area contributed by atoms with E-state index in [1.54, 1.807) is 0 Å². The maximum absolute atomic E-state index is 4.52. The van der Waals surface area contributed by atoms with E-state index in [1.807, 2.05) is 16.9 Å². The van der Waals surface area contributed by atoms with Gasteiger partial charge in [0.25, 0.3) is 0 Å². The van der Waals surface area contributed by atoms with Crippen molar-refractivity contribution in [3.63, 3.8) is 0 Å². The number of para-hydroxylation sites is 1. The molecule has 3 rings (SSSR count). The van der Waals surface area contributed by atoms with E-state index in [1.165, 1.54) is 10.9 Å². The highest BCUT2D eigenvalue weighted by molar-refractivity contribution is 5.80. The van der Waals surface area contributed by atoms with Crippen LogP contribution in [0, 0.1) is 0 Å². The summed E-state index contributed by atoms with van der Waals surface area (Å²) >= 11 is 0. The number of aromatic nitrogens is 2. The molecule has 1 aromatic heterocycles. The first-order valence-electron chi connectivity index (χ1n) is 7.56. The lowest BCUT2D eigenvalue weighted by atomic mass is 10.1. The summed E-state index contributed by atoms with van der Waals surface area (Å²) in [6.45, 7) is 5.43. The van der Waals surface area contributed by atoms with Crippen LogP contribution in [0.1, 0.15) is 31.9 Å². The quantitative estimate of drug-likeness (QED) is 0.762. The standard InChI is InChI=1S/C18H21N3/c1-3-11-19-14(2)15-8-6-9-17(12-15)21-18-10-5-4-7-16(18)13-20-21/h4-10,12-14,19H,3,11H2,1-2H3. The minimum absolute atomic E-state index is 0.353. The predicted molar refractivity (Wildman–Crippen MR) is 87.8 cm³/mol. The largest absolute Gasteiger partial charge is 0.310 e. The molecule has 0 aliphatic heterocycles. The van der Waals surface area contributed by atoms with Gasteiger partial charge in [-0.25, -0.2) is 4.68 Å². The van der Waals surface area contributed by atoms with Crippen molar-refractivity contribution in [2.24, 2.45) is 0 Å². The molecule has 21 heavy (non-hydrogen) atoms. The van der Waals surface area contributed by atoms with Crippen LogP contribution in [0.2, 0.25) is 0 Å². The topological polar surface area (TPSA) is 29.9 Å². The van der Waals surface area contributed by atoms with Gasteiger partial charge in [0.2, 0.25) is 0 Å². The minimum atomic E-state index is 0.353. The molecule has 0 spiro atoms. The van der Waals surface area contributed by atoms with Gasteiger partial charge in [0.15, 0.2) is 0 Å². The summed E-state index contributed by atoms with van der Waals surface area (Å²) < 4.78 is 2.01. The average molecular weight is 279 g/mol. The van der Waals surface area contributed by atoms with Crippen molar-refractivity contribution in [1.82, 2.24) is 15.1 Å². The Labute approximate surface area is 125 Å². The first-order chi connectivity index (χ1) is 10.3. The molecule has 1 heterocycles. The lowest BCUT2D eigenvalue weighted by Crippen LogP contribution is -2.19. The number of benzene rings is 2. The summed E-state index contributed by atoms with van der Waals surface area (Å²) in [7, 11) is 0. The second-order valence-corrected chi connectivity index (χ2v) is 5.39. The third-order valence-corrected chi connectivity index (χ3v) is 3.79. The van der Waals surface area contributed by atoms with Gasteiger partial charge in [-0.1, -0.05) is 37.3 Å². The van der Waals surface area contributed by atoms with Gasteiger partial charge in [0, 0.05) is 11.4 Å². The predicted octanol–water partition coefficient (Wildman–Crippen LogP) is 4.09. The first kappa shape index (κ1) is 13.8. The van der Waals surface area contributed by atoms with Crippen molar-refractivity contribution >= 4 is 10.9 Å². The van der Waals surface area contributed by atoms with Crippen molar-refractivity contribution in [1.29, 1.82) is 0 Å². The fraction of sp³-hybridized carbons (Fsp3) is 0.278. The van der Waals surface area contributed by atoms with Crippen molar-refractivity contribution < 1.29 is 0 Å². The molecule has 108 valence electrons. The molecule has 2 aromatic carbocycles. The molecule has 0 amide bonds. The highest BCUT2D eigenvalue weighted by Crippen LogP contribution is 2.21. The van der Waals surface area contributed by atoms with Gasteiger partial charge in [0.05, 0.1) is 17.4 Å². The monoisotopic (exact) mass is 279 g/mol. The Balaban J connectivity index is 1.96. The van der Waals surface area contributed by atoms with E-state index < -0.39 is 0 Å². The van der Waals surface area contributed by atoms with Crippen molar-refractivity contribution in [2.75, 3.05) is 6.54 Å². The maximum atomic E-state index is 4.52. The van der Waals surface area contributed by atoms with E-state index in [4.69, 9.17) is 0 Å². The lowest BCUT2D eigenvalue weighted by molar-refractivity contribution is 0.570. The van der Waals surface area contributed by atoms with Crippen LogP contribution in [0.5, 0.6) is 0 Å². The minimum Gasteiger partial charge on any atom is -0.310 e. The fourth-order valence-electron chi connectivity index (χ4n) is 2.58. The van der Waals surface area contributed by atoms with E-state index in [0.717, 1.165) is 24.2 Å². The van der Waals surface area contributed by atoms with E-state index in [9.17, 15) is 0 Å². The first-order valence-corrected chi connectivity index (χ1v) is 7.56. The molecule has 0 saturated carbocycles. The van der Waals surface area contributed by atoms with E-state index in [0.29, 0.717) is 6.04 Å². The van der Waals surface area contributed by atoms with Crippen molar-refractivity contribution in [2.45, 2.75) is 26.3 Å². The van der Waals surface area contributed by atoms with Crippen LogP contribution in [0.3, 0.4) is 0 Å². The zero-order valence-electron chi connectivity index (χ0n) is 12.6. The van der Waals surface area contributed by atoms with Crippen LogP contribution >= 0.6 is 0 Å². The molecule has 0 bridgehead atoms. The molecule has 1 unspecified atom stereocenters. The van der Waals surface area contributed by atoms with Gasteiger partial charge >= 0.3 is 0 Å². The molecule has 0 aliphatic rings. The summed E-state index contributed by atoms with van der Waals surface area (Å²) in [5.41, 5.74) is 3.54. The molecule has 3 nitrogen and oxygen atoms in total. The SMILES string of the molecule is CCCNC(C)c1cccc(-n2ncc3ccccc32)c1. The second kappa shape index (κ2) is 6.10. The molecule has 0 fully saturated rings. The van der Waals surface area contributed by atoms with E-state index >= 15 is 0 Å². The van der Waals surface area contributed by atoms with Gasteiger partial charge in [-0.15, -0.1) is 0 Å². The molecule has 3 heteroatoms. The molecule has 0 radical (unpaired) electrons. The lowest BCUT2D eigenvalue weighted by Gasteiger charge is -2.15. The zero-order chi connectivity index (χ0) is 14.7. The van der Waals surface area contributed by atoms with Gasteiger partial charge in [-0.3, -0.25) is 0 Å². The molecule has 1 N–H and O–H groups in total. The normalized spacial score (nSPS) is 12.7. The van der Waals surface area contributed by atoms with Crippen molar-refractivity contribution in [3.05, 3.63) is 60.3 Å². The van der Waals surface area contributed by atoms with E-state index in [2.05, 4.69) is 66.7 Å². The Bertz CT molecular complexity index is 730. The Morgan fingerprint density at radius 1 is 1.14 bits per heavy atom. The molecule has 0 saturated heterocycles. The van der Waals surface area contributed by atoms with Crippen LogP contribution < -0.4 is 5.32 Å². The molecule has 0 aliphatic carbocycles. The summed E-state index contributed by atoms with van der Waals surface area (Å²) in [5.74, 6) is 0. The zero-order valence-corrected chi connectivity index (χ0v) is 12.6. The molecular weight excluding hydrogens is 258 g/mol. The number of fused-ring (bicyclic) bond motifs is 1. The highest BCUT2D eigenvalue weighted by atomic mass is 15.3. The average Bonchev–Trinajstić information content (AvgIpc) is 2.97. The summed E-state index contributed by atoms with van der Waals surface area (Å²) in [6, 6.07) is 17.2. The second-order valence-electron chi connectivity index (χ2n) is 5.39. The number of hydrogen-bond donors (Lipinski definition) is 1. The number of rotatable bonds is 5. The van der Waals surface area contributed by atoms with Gasteiger partial charge in [-0.2, -0.15) is 5.10 Å². The molecule has 1 atom stereocenters. The third kappa shape index (κ3) is 2.83. The third-order valence-electron chi connectivity index (χ3n) is 3.79. The van der Waals surface area contributed by atoms with Gasteiger partial charge in [-0.05, 0) is 43.7 Å². The number of hydrogen-bond acceptors (Lipinski definition) is 2. The van der Waals surface area contributed by atoms with Crippen molar-refractivity contribution in [3.8, 4) is 5.69 Å². The smallest absolute Gasteiger partial charge is 0.0741 e. The number of nitrogens with one attached hydrogen (secondary N) is 1. The molecular formula is C18H21N3. The van der Waals surface area contributed by atoms with Crippen LogP contribution in [0.15, 0.2) is 54.7 Å². The summed E-state index contributed by atoms with van der Waals surface area (Å²) in [4.78, 5) is 0. The highest BCUT2D eigenvalue weighted by Gasteiger charge is 2.08. The Hall–Kier alpha value is -2.13. The molecule has 3 aromatic rings. The Kier molecular flexibility index (Phi) is 4.02. The van der Waals surface area contributed by atoms with Crippen LogP contribution in [0.25, 0.3) is 16.6 Å². The van der Waals surface area contributed by atoms with Gasteiger partial charge in [0.1, 0.15) is 0 Å². The fourth-order valence-corrected chi connectivity index (χ4v) is 2.58. The van der Waals surface area contributed by atoms with Crippen LogP contribution in [-0.2, 0) is 0 Å². The maximum Gasteiger partial charge on any atom is 0.0741 e. The Morgan fingerprint density at radius 3 is 2.86 bits per heavy atom. The van der Waals surface area contributed by atoms with E-state index in [-0.39, 0.29) is 0 Å². The van der Waals surface area contributed by atoms with Gasteiger partial charge < -0.3 is 5.32 Å². The summed E-state index contributed by atoms with van der Waals surface area (Å²) in [6.07, 6.45) is 3.06. The van der Waals surface area contributed by atoms with Crippen LogP contribution in [-0.4, -0.2) is 16.3 Å².